The Balaban J connectivity index is 2.01. The molecule has 0 aliphatic rings. The van der Waals surface area contributed by atoms with Crippen molar-refractivity contribution in [3.05, 3.63) is 70.7 Å². The van der Waals surface area contributed by atoms with E-state index in [1.807, 2.05) is 18.2 Å². The fraction of sp³-hybridized carbons (Fsp3) is 0.211. The third-order valence-electron chi connectivity index (χ3n) is 3.53. The number of ether oxygens (including phenoxy) is 2. The molecule has 0 unspecified atom stereocenters. The normalized spacial score (nSPS) is 11.3. The lowest BCUT2D eigenvalue weighted by atomic mass is 10.1. The van der Waals surface area contributed by atoms with Crippen LogP contribution in [0.4, 0.5) is 4.79 Å². The van der Waals surface area contributed by atoms with Gasteiger partial charge in [-0.05, 0) is 17.2 Å². The SMILES string of the molecule is NC(=O)COC(=O)[C@@H](Cc1ccccc1Cl)NC(=O)OCc1ccccc1. The molecule has 142 valence electrons. The number of esters is 1. The minimum atomic E-state index is -1.09. The summed E-state index contributed by atoms with van der Waals surface area (Å²) in [5, 5.41) is 2.87. The fourth-order valence-corrected chi connectivity index (χ4v) is 2.44. The Morgan fingerprint density at radius 3 is 2.33 bits per heavy atom. The molecule has 0 spiro atoms. The molecule has 8 heteroatoms. The molecule has 0 aliphatic heterocycles. The van der Waals surface area contributed by atoms with Crippen molar-refractivity contribution in [2.24, 2.45) is 5.73 Å². The summed E-state index contributed by atoms with van der Waals surface area (Å²) in [6.07, 6.45) is -0.732. The number of carbonyl (C=O) groups excluding carboxylic acids is 3. The monoisotopic (exact) mass is 390 g/mol. The van der Waals surface area contributed by atoms with Crippen LogP contribution < -0.4 is 11.1 Å². The minimum absolute atomic E-state index is 0.0435. The van der Waals surface area contributed by atoms with E-state index in [4.69, 9.17) is 26.8 Å². The maximum absolute atomic E-state index is 12.2. The molecule has 0 heterocycles. The fourth-order valence-electron chi connectivity index (χ4n) is 2.23. The van der Waals surface area contributed by atoms with Crippen LogP contribution in [0, 0.1) is 0 Å². The Bertz CT molecular complexity index is 798. The van der Waals surface area contributed by atoms with E-state index in [9.17, 15) is 14.4 Å². The van der Waals surface area contributed by atoms with Crippen LogP contribution in [0.25, 0.3) is 0 Å². The van der Waals surface area contributed by atoms with Crippen molar-refractivity contribution in [3.8, 4) is 0 Å². The van der Waals surface area contributed by atoms with Crippen molar-refractivity contribution < 1.29 is 23.9 Å². The number of carbonyl (C=O) groups is 3. The smallest absolute Gasteiger partial charge is 0.408 e. The molecular formula is C19H19ClN2O5. The van der Waals surface area contributed by atoms with E-state index in [1.165, 1.54) is 0 Å². The second-order valence-corrected chi connectivity index (χ2v) is 6.04. The highest BCUT2D eigenvalue weighted by Crippen LogP contribution is 2.17. The molecule has 0 saturated heterocycles. The second kappa shape index (κ2) is 10.2. The van der Waals surface area contributed by atoms with Gasteiger partial charge in [0.05, 0.1) is 0 Å². The summed E-state index contributed by atoms with van der Waals surface area (Å²) in [6.45, 7) is -0.541. The Kier molecular flexibility index (Phi) is 7.63. The van der Waals surface area contributed by atoms with Crippen LogP contribution in [-0.4, -0.2) is 30.6 Å². The number of benzene rings is 2. The maximum atomic E-state index is 12.2. The van der Waals surface area contributed by atoms with Gasteiger partial charge in [0.2, 0.25) is 0 Å². The predicted molar refractivity (Wildman–Crippen MR) is 98.9 cm³/mol. The van der Waals surface area contributed by atoms with Crippen molar-refractivity contribution in [3.63, 3.8) is 0 Å². The minimum Gasteiger partial charge on any atom is -0.454 e. The number of hydrogen-bond acceptors (Lipinski definition) is 5. The van der Waals surface area contributed by atoms with Crippen LogP contribution in [-0.2, 0) is 32.1 Å². The number of alkyl carbamates (subject to hydrolysis) is 1. The Morgan fingerprint density at radius 1 is 1.00 bits per heavy atom. The third kappa shape index (κ3) is 6.99. The average molecular weight is 391 g/mol. The van der Waals surface area contributed by atoms with Gasteiger partial charge in [-0.25, -0.2) is 9.59 Å². The van der Waals surface area contributed by atoms with Crippen molar-refractivity contribution in [2.45, 2.75) is 19.1 Å². The van der Waals surface area contributed by atoms with Crippen molar-refractivity contribution in [2.75, 3.05) is 6.61 Å². The zero-order chi connectivity index (χ0) is 19.6. The largest absolute Gasteiger partial charge is 0.454 e. The molecule has 7 nitrogen and oxygen atoms in total. The van der Waals surface area contributed by atoms with Crippen molar-refractivity contribution in [1.29, 1.82) is 0 Å². The molecule has 0 aromatic heterocycles. The van der Waals surface area contributed by atoms with Gasteiger partial charge in [-0.3, -0.25) is 4.79 Å². The molecule has 1 atom stereocenters. The van der Waals surface area contributed by atoms with Crippen LogP contribution in [0.2, 0.25) is 5.02 Å². The topological polar surface area (TPSA) is 108 Å². The van der Waals surface area contributed by atoms with E-state index < -0.39 is 30.6 Å². The molecule has 0 fully saturated rings. The van der Waals surface area contributed by atoms with Gasteiger partial charge in [-0.2, -0.15) is 0 Å². The van der Waals surface area contributed by atoms with E-state index in [0.717, 1.165) is 5.56 Å². The number of nitrogens with one attached hydrogen (secondary N) is 1. The quantitative estimate of drug-likeness (QED) is 0.672. The van der Waals surface area contributed by atoms with Crippen molar-refractivity contribution >= 4 is 29.6 Å². The number of amides is 2. The van der Waals surface area contributed by atoms with E-state index in [-0.39, 0.29) is 13.0 Å². The maximum Gasteiger partial charge on any atom is 0.408 e. The highest BCUT2D eigenvalue weighted by molar-refractivity contribution is 6.31. The zero-order valence-corrected chi connectivity index (χ0v) is 15.1. The highest BCUT2D eigenvalue weighted by atomic mass is 35.5. The summed E-state index contributed by atoms with van der Waals surface area (Å²) in [4.78, 5) is 35.1. The molecule has 0 saturated carbocycles. The highest BCUT2D eigenvalue weighted by Gasteiger charge is 2.25. The lowest BCUT2D eigenvalue weighted by Gasteiger charge is -2.18. The first-order chi connectivity index (χ1) is 13.0. The van der Waals surface area contributed by atoms with Crippen LogP contribution in [0.5, 0.6) is 0 Å². The van der Waals surface area contributed by atoms with Gasteiger partial charge in [-0.15, -0.1) is 0 Å². The summed E-state index contributed by atoms with van der Waals surface area (Å²) >= 11 is 6.11. The lowest BCUT2D eigenvalue weighted by Crippen LogP contribution is -2.44. The van der Waals surface area contributed by atoms with Crippen molar-refractivity contribution in [1.82, 2.24) is 5.32 Å². The van der Waals surface area contributed by atoms with Crippen LogP contribution in [0.15, 0.2) is 54.6 Å². The van der Waals surface area contributed by atoms with Crippen LogP contribution in [0.1, 0.15) is 11.1 Å². The molecule has 27 heavy (non-hydrogen) atoms. The first-order valence-corrected chi connectivity index (χ1v) is 8.49. The van der Waals surface area contributed by atoms with Gasteiger partial charge in [0.1, 0.15) is 12.6 Å². The van der Waals surface area contributed by atoms with E-state index in [2.05, 4.69) is 5.32 Å². The molecule has 2 aromatic carbocycles. The van der Waals surface area contributed by atoms with Gasteiger partial charge in [0.15, 0.2) is 6.61 Å². The first kappa shape index (κ1) is 20.3. The zero-order valence-electron chi connectivity index (χ0n) is 14.4. The lowest BCUT2D eigenvalue weighted by molar-refractivity contribution is -0.149. The molecule has 0 bridgehead atoms. The molecule has 2 amide bonds. The number of nitrogens with two attached hydrogens (primary N) is 1. The summed E-state index contributed by atoms with van der Waals surface area (Å²) in [5.74, 6) is -1.61. The van der Waals surface area contributed by atoms with Gasteiger partial charge in [0, 0.05) is 11.4 Å². The Morgan fingerprint density at radius 2 is 1.67 bits per heavy atom. The summed E-state index contributed by atoms with van der Waals surface area (Å²) < 4.78 is 9.93. The number of rotatable bonds is 8. The Hall–Kier alpha value is -3.06. The molecular weight excluding hydrogens is 372 g/mol. The number of primary amides is 1. The summed E-state index contributed by atoms with van der Waals surface area (Å²) in [6, 6.07) is 14.9. The molecule has 3 N–H and O–H groups in total. The van der Waals surface area contributed by atoms with E-state index >= 15 is 0 Å². The summed E-state index contributed by atoms with van der Waals surface area (Å²) in [7, 11) is 0. The number of halogens is 1. The van der Waals surface area contributed by atoms with Crippen LogP contribution >= 0.6 is 11.6 Å². The third-order valence-corrected chi connectivity index (χ3v) is 3.90. The van der Waals surface area contributed by atoms with Gasteiger partial charge < -0.3 is 20.5 Å². The van der Waals surface area contributed by atoms with Crippen LogP contribution in [0.3, 0.4) is 0 Å². The van der Waals surface area contributed by atoms with Gasteiger partial charge >= 0.3 is 12.1 Å². The van der Waals surface area contributed by atoms with Gasteiger partial charge in [0.25, 0.3) is 5.91 Å². The first-order valence-electron chi connectivity index (χ1n) is 8.11. The Labute approximate surface area is 161 Å². The summed E-state index contributed by atoms with van der Waals surface area (Å²) in [5.41, 5.74) is 6.41. The average Bonchev–Trinajstić information content (AvgIpc) is 2.66. The molecule has 2 aromatic rings. The molecule has 0 aliphatic carbocycles. The predicted octanol–water partition coefficient (Wildman–Crippen LogP) is 2.21. The van der Waals surface area contributed by atoms with E-state index in [1.54, 1.807) is 36.4 Å². The standard InChI is InChI=1S/C19H19ClN2O5/c20-15-9-5-4-8-14(15)10-16(18(24)26-12-17(21)23)22-19(25)27-11-13-6-2-1-3-7-13/h1-9,16H,10-12H2,(H2,21,23)(H,22,25)/t16-/m1/s1. The number of hydrogen-bond donors (Lipinski definition) is 2. The molecule has 0 radical (unpaired) electrons. The van der Waals surface area contributed by atoms with Gasteiger partial charge in [-0.1, -0.05) is 60.1 Å². The second-order valence-electron chi connectivity index (χ2n) is 5.63. The van der Waals surface area contributed by atoms with E-state index in [0.29, 0.717) is 10.6 Å². The molecule has 2 rings (SSSR count).